The highest BCUT2D eigenvalue weighted by atomic mass is 19.1. The van der Waals surface area contributed by atoms with E-state index in [1.54, 1.807) is 12.1 Å². The summed E-state index contributed by atoms with van der Waals surface area (Å²) in [4.78, 5) is 3.57. The van der Waals surface area contributed by atoms with Gasteiger partial charge in [0.2, 0.25) is 5.95 Å². The Kier molecular flexibility index (Phi) is 2.22. The van der Waals surface area contributed by atoms with Crippen molar-refractivity contribution >= 4 is 0 Å². The van der Waals surface area contributed by atoms with Crippen molar-refractivity contribution < 1.29 is 4.39 Å². The molecule has 0 radical (unpaired) electrons. The van der Waals surface area contributed by atoms with Gasteiger partial charge in [-0.05, 0) is 12.5 Å². The molecular formula is C8H11FN4. The Labute approximate surface area is 75.3 Å². The second-order valence-electron chi connectivity index (χ2n) is 3.07. The van der Waals surface area contributed by atoms with E-state index in [1.165, 1.54) is 6.20 Å². The highest BCUT2D eigenvalue weighted by Gasteiger charge is 2.24. The van der Waals surface area contributed by atoms with Crippen molar-refractivity contribution in [3.05, 3.63) is 29.8 Å². The smallest absolute Gasteiger partial charge is 0.217 e. The van der Waals surface area contributed by atoms with E-state index in [2.05, 4.69) is 15.8 Å². The maximum absolute atomic E-state index is 13.1. The first-order valence-corrected chi connectivity index (χ1v) is 4.14. The summed E-state index contributed by atoms with van der Waals surface area (Å²) in [6.07, 6.45) is 1.98. The first-order valence-electron chi connectivity index (χ1n) is 4.14. The van der Waals surface area contributed by atoms with Crippen LogP contribution in [0.4, 0.5) is 4.39 Å². The zero-order valence-electron chi connectivity index (χ0n) is 7.00. The zero-order valence-corrected chi connectivity index (χ0v) is 7.00. The molecule has 0 aromatic carbocycles. The molecule has 2 unspecified atom stereocenters. The lowest BCUT2D eigenvalue weighted by Crippen LogP contribution is -2.36. The number of nitrogens with one attached hydrogen (secondary N) is 2. The third-order valence-electron chi connectivity index (χ3n) is 2.10. The lowest BCUT2D eigenvalue weighted by molar-refractivity contribution is 0.509. The normalized spacial score (nSPS) is 27.8. The topological polar surface area (TPSA) is 63.0 Å². The van der Waals surface area contributed by atoms with E-state index in [0.717, 1.165) is 0 Å². The second-order valence-corrected chi connectivity index (χ2v) is 3.07. The van der Waals surface area contributed by atoms with Crippen molar-refractivity contribution in [1.29, 1.82) is 0 Å². The fourth-order valence-electron chi connectivity index (χ4n) is 1.44. The van der Waals surface area contributed by atoms with Gasteiger partial charge >= 0.3 is 0 Å². The number of hydrazine groups is 1. The van der Waals surface area contributed by atoms with Crippen LogP contribution in [-0.4, -0.2) is 11.1 Å². The second kappa shape index (κ2) is 3.37. The predicted molar refractivity (Wildman–Crippen MR) is 45.8 cm³/mol. The minimum Gasteiger partial charge on any atom is -0.315 e. The largest absolute Gasteiger partial charge is 0.315 e. The van der Waals surface area contributed by atoms with Gasteiger partial charge in [0.15, 0.2) is 0 Å². The van der Waals surface area contributed by atoms with Crippen molar-refractivity contribution in [3.8, 4) is 0 Å². The first-order chi connectivity index (χ1) is 6.27. The summed E-state index contributed by atoms with van der Waals surface area (Å²) in [5.74, 6) is -0.434. The molecule has 2 heterocycles. The molecule has 70 valence electrons. The number of rotatable bonds is 1. The van der Waals surface area contributed by atoms with Gasteiger partial charge in [-0.15, -0.1) is 0 Å². The lowest BCUT2D eigenvalue weighted by atomic mass is 10.1. The molecular weight excluding hydrogens is 171 g/mol. The average molecular weight is 182 g/mol. The number of halogens is 1. The molecule has 1 saturated heterocycles. The van der Waals surface area contributed by atoms with Crippen molar-refractivity contribution in [2.45, 2.75) is 18.6 Å². The van der Waals surface area contributed by atoms with E-state index in [4.69, 9.17) is 5.73 Å². The third-order valence-corrected chi connectivity index (χ3v) is 2.10. The molecule has 4 N–H and O–H groups in total. The first kappa shape index (κ1) is 8.55. The third kappa shape index (κ3) is 1.67. The zero-order chi connectivity index (χ0) is 9.26. The summed E-state index contributed by atoms with van der Waals surface area (Å²) >= 11 is 0. The molecule has 0 amide bonds. The van der Waals surface area contributed by atoms with Gasteiger partial charge in [0, 0.05) is 11.8 Å². The van der Waals surface area contributed by atoms with Crippen LogP contribution in [0.5, 0.6) is 0 Å². The van der Waals surface area contributed by atoms with E-state index < -0.39 is 5.95 Å². The van der Waals surface area contributed by atoms with Crippen molar-refractivity contribution in [3.63, 3.8) is 0 Å². The van der Waals surface area contributed by atoms with E-state index in [-0.39, 0.29) is 12.2 Å². The molecule has 1 aromatic rings. The van der Waals surface area contributed by atoms with Gasteiger partial charge in [0.05, 0.1) is 12.2 Å². The lowest BCUT2D eigenvalue weighted by Gasteiger charge is -2.08. The van der Waals surface area contributed by atoms with Gasteiger partial charge in [0.25, 0.3) is 0 Å². The van der Waals surface area contributed by atoms with Crippen molar-refractivity contribution in [2.75, 3.05) is 0 Å². The summed E-state index contributed by atoms with van der Waals surface area (Å²) in [5, 5.41) is 0. The summed E-state index contributed by atoms with van der Waals surface area (Å²) < 4.78 is 13.1. The standard InChI is InChI=1S/C8H11FN4/c9-8-5(2-1-3-11-8)6-4-7(10)13-12-6/h1-3,6-7,12-13H,4,10H2. The highest BCUT2D eigenvalue weighted by molar-refractivity contribution is 5.16. The highest BCUT2D eigenvalue weighted by Crippen LogP contribution is 2.21. The van der Waals surface area contributed by atoms with Crippen LogP contribution in [0.25, 0.3) is 0 Å². The van der Waals surface area contributed by atoms with Crippen LogP contribution in [0.3, 0.4) is 0 Å². The number of nitrogens with zero attached hydrogens (tertiary/aromatic N) is 1. The molecule has 1 fully saturated rings. The van der Waals surface area contributed by atoms with Crippen LogP contribution in [0.1, 0.15) is 18.0 Å². The predicted octanol–water partition coefficient (Wildman–Crippen LogP) is 0.0445. The molecule has 5 heteroatoms. The van der Waals surface area contributed by atoms with Gasteiger partial charge in [-0.1, -0.05) is 6.07 Å². The summed E-state index contributed by atoms with van der Waals surface area (Å²) in [6.45, 7) is 0. The molecule has 1 aromatic heterocycles. The number of aromatic nitrogens is 1. The molecule has 0 spiro atoms. The molecule has 2 rings (SSSR count). The van der Waals surface area contributed by atoms with Gasteiger partial charge in [-0.25, -0.2) is 15.8 Å². The molecule has 0 aliphatic carbocycles. The van der Waals surface area contributed by atoms with Crippen LogP contribution in [0.2, 0.25) is 0 Å². The average Bonchev–Trinajstić information content (AvgIpc) is 2.53. The van der Waals surface area contributed by atoms with Crippen LogP contribution >= 0.6 is 0 Å². The van der Waals surface area contributed by atoms with Gasteiger partial charge in [-0.3, -0.25) is 0 Å². The molecule has 13 heavy (non-hydrogen) atoms. The number of nitrogens with two attached hydrogens (primary N) is 1. The SMILES string of the molecule is NC1CC(c2cccnc2F)NN1. The summed E-state index contributed by atoms with van der Waals surface area (Å²) in [5.41, 5.74) is 11.9. The summed E-state index contributed by atoms with van der Waals surface area (Å²) in [6, 6.07) is 3.34. The fourth-order valence-corrected chi connectivity index (χ4v) is 1.44. The van der Waals surface area contributed by atoms with Crippen LogP contribution in [-0.2, 0) is 0 Å². The number of pyridine rings is 1. The molecule has 0 bridgehead atoms. The molecule has 1 aliphatic heterocycles. The van der Waals surface area contributed by atoms with Crippen LogP contribution in [0.15, 0.2) is 18.3 Å². The Bertz CT molecular complexity index is 304. The molecule has 4 nitrogen and oxygen atoms in total. The maximum atomic E-state index is 13.1. The molecule has 2 atom stereocenters. The van der Waals surface area contributed by atoms with Crippen molar-refractivity contribution in [2.24, 2.45) is 5.73 Å². The van der Waals surface area contributed by atoms with Gasteiger partial charge in [-0.2, -0.15) is 4.39 Å². The molecule has 0 saturated carbocycles. The minimum absolute atomic E-state index is 0.0799. The van der Waals surface area contributed by atoms with Crippen molar-refractivity contribution in [1.82, 2.24) is 15.8 Å². The Morgan fingerprint density at radius 3 is 3.00 bits per heavy atom. The summed E-state index contributed by atoms with van der Waals surface area (Å²) in [7, 11) is 0. The van der Waals surface area contributed by atoms with E-state index >= 15 is 0 Å². The Hall–Kier alpha value is -1.04. The molecule has 1 aliphatic rings. The quantitative estimate of drug-likeness (QED) is 0.537. The Morgan fingerprint density at radius 2 is 2.38 bits per heavy atom. The van der Waals surface area contributed by atoms with E-state index in [1.807, 2.05) is 0 Å². The van der Waals surface area contributed by atoms with Gasteiger partial charge < -0.3 is 5.73 Å². The fraction of sp³-hybridized carbons (Fsp3) is 0.375. The number of hydrogen-bond donors (Lipinski definition) is 3. The van der Waals surface area contributed by atoms with Crippen LogP contribution in [0, 0.1) is 5.95 Å². The van der Waals surface area contributed by atoms with Crippen LogP contribution < -0.4 is 16.6 Å². The monoisotopic (exact) mass is 182 g/mol. The van der Waals surface area contributed by atoms with E-state index in [9.17, 15) is 4.39 Å². The van der Waals surface area contributed by atoms with Gasteiger partial charge in [0.1, 0.15) is 0 Å². The van der Waals surface area contributed by atoms with E-state index in [0.29, 0.717) is 12.0 Å². The Balaban J connectivity index is 2.21. The maximum Gasteiger partial charge on any atom is 0.217 e. The minimum atomic E-state index is -0.434. The Morgan fingerprint density at radius 1 is 1.54 bits per heavy atom. The number of hydrogen-bond acceptors (Lipinski definition) is 4.